The Labute approximate surface area is 115 Å². The molecule has 0 unspecified atom stereocenters. The molecule has 0 aliphatic carbocycles. The zero-order chi connectivity index (χ0) is 13.5. The first-order valence-electron chi connectivity index (χ1n) is 6.86. The summed E-state index contributed by atoms with van der Waals surface area (Å²) in [5, 5.41) is 2.59. The molecule has 0 bridgehead atoms. The van der Waals surface area contributed by atoms with Crippen molar-refractivity contribution in [3.63, 3.8) is 0 Å². The molecule has 98 valence electrons. The van der Waals surface area contributed by atoms with Crippen LogP contribution in [0.4, 0.5) is 0 Å². The highest BCUT2D eigenvalue weighted by Gasteiger charge is 2.38. The molecule has 1 aliphatic heterocycles. The van der Waals surface area contributed by atoms with Gasteiger partial charge in [0.15, 0.2) is 0 Å². The van der Waals surface area contributed by atoms with E-state index in [2.05, 4.69) is 73.9 Å². The third-order valence-electron chi connectivity index (χ3n) is 3.41. The molecule has 0 amide bonds. The van der Waals surface area contributed by atoms with Crippen molar-refractivity contribution in [3.8, 4) is 0 Å². The normalized spacial score (nSPS) is 23.1. The minimum atomic E-state index is -1.11. The van der Waals surface area contributed by atoms with Gasteiger partial charge in [-0.2, -0.15) is 0 Å². The second-order valence-corrected chi connectivity index (χ2v) is 11.4. The van der Waals surface area contributed by atoms with Crippen molar-refractivity contribution < 1.29 is 4.74 Å². The van der Waals surface area contributed by atoms with Crippen molar-refractivity contribution in [2.24, 2.45) is 0 Å². The van der Waals surface area contributed by atoms with Crippen LogP contribution >= 0.6 is 0 Å². The van der Waals surface area contributed by atoms with E-state index in [0.29, 0.717) is 0 Å². The molecule has 3 rings (SSSR count). The predicted molar refractivity (Wildman–Crippen MR) is 84.0 cm³/mol. The number of ether oxygens (including phenoxy) is 1. The summed E-state index contributed by atoms with van der Waals surface area (Å²) in [4.78, 5) is 0. The summed E-state index contributed by atoms with van der Waals surface area (Å²) in [6.07, 6.45) is 2.80. The summed E-state index contributed by atoms with van der Waals surface area (Å²) in [6, 6.07) is 15.1. The second kappa shape index (κ2) is 4.62. The van der Waals surface area contributed by atoms with Crippen molar-refractivity contribution in [1.29, 1.82) is 0 Å². The first-order valence-corrected chi connectivity index (χ1v) is 10.4. The molecule has 0 radical (unpaired) electrons. The average molecular weight is 268 g/mol. The van der Waals surface area contributed by atoms with Gasteiger partial charge in [0.2, 0.25) is 0 Å². The van der Waals surface area contributed by atoms with E-state index >= 15 is 0 Å². The lowest BCUT2D eigenvalue weighted by molar-refractivity contribution is 0.394. The molecular formula is C17H20OSi. The monoisotopic (exact) mass is 268 g/mol. The van der Waals surface area contributed by atoms with Crippen LogP contribution in [0.3, 0.4) is 0 Å². The Morgan fingerprint density at radius 3 is 2.47 bits per heavy atom. The maximum absolute atomic E-state index is 5.78. The maximum atomic E-state index is 5.78. The van der Waals surface area contributed by atoms with E-state index in [0.717, 1.165) is 0 Å². The van der Waals surface area contributed by atoms with Crippen LogP contribution in [0, 0.1) is 0 Å². The molecule has 0 spiro atoms. The highest BCUT2D eigenvalue weighted by Crippen LogP contribution is 2.40. The Hall–Kier alpha value is -1.38. The van der Waals surface area contributed by atoms with E-state index in [9.17, 15) is 0 Å². The van der Waals surface area contributed by atoms with E-state index in [4.69, 9.17) is 4.74 Å². The van der Waals surface area contributed by atoms with Crippen molar-refractivity contribution >= 4 is 18.8 Å². The minimum absolute atomic E-state index is 0.261. The zero-order valence-electron chi connectivity index (χ0n) is 11.8. The van der Waals surface area contributed by atoms with Gasteiger partial charge in [-0.3, -0.25) is 0 Å². The van der Waals surface area contributed by atoms with Gasteiger partial charge in [-0.25, -0.2) is 0 Å². The zero-order valence-corrected chi connectivity index (χ0v) is 12.8. The Bertz CT molecular complexity index is 624. The molecule has 2 heteroatoms. The third kappa shape index (κ3) is 2.96. The van der Waals surface area contributed by atoms with Crippen LogP contribution in [0.5, 0.6) is 0 Å². The minimum Gasteiger partial charge on any atom is -0.360 e. The Kier molecular flexibility index (Phi) is 3.07. The highest BCUT2D eigenvalue weighted by atomic mass is 28.3. The molecule has 2 atom stereocenters. The first kappa shape index (κ1) is 12.6. The lowest BCUT2D eigenvalue weighted by Crippen LogP contribution is -2.15. The first-order chi connectivity index (χ1) is 9.03. The maximum Gasteiger partial charge on any atom is 0.113 e. The smallest absolute Gasteiger partial charge is 0.113 e. The van der Waals surface area contributed by atoms with Gasteiger partial charge >= 0.3 is 0 Å². The molecule has 0 N–H and O–H groups in total. The van der Waals surface area contributed by atoms with Crippen LogP contribution < -0.4 is 0 Å². The summed E-state index contributed by atoms with van der Waals surface area (Å²) in [5.41, 5.74) is 3.67. The van der Waals surface area contributed by atoms with Gasteiger partial charge in [-0.15, -0.1) is 0 Å². The van der Waals surface area contributed by atoms with Crippen molar-refractivity contribution in [2.45, 2.75) is 31.8 Å². The average Bonchev–Trinajstić information content (AvgIpc) is 3.14. The van der Waals surface area contributed by atoms with Crippen LogP contribution in [0.2, 0.25) is 19.6 Å². The predicted octanol–water partition coefficient (Wildman–Crippen LogP) is 4.71. The molecule has 0 saturated carbocycles. The summed E-state index contributed by atoms with van der Waals surface area (Å²) < 4.78 is 5.78. The number of epoxide rings is 1. The van der Waals surface area contributed by atoms with Gasteiger partial charge in [-0.05, 0) is 22.4 Å². The van der Waals surface area contributed by atoms with Gasteiger partial charge in [0.1, 0.15) is 12.2 Å². The highest BCUT2D eigenvalue weighted by molar-refractivity contribution is 6.80. The van der Waals surface area contributed by atoms with Crippen LogP contribution in [-0.4, -0.2) is 14.2 Å². The number of benzene rings is 2. The molecule has 1 heterocycles. The van der Waals surface area contributed by atoms with Crippen LogP contribution in [0.15, 0.2) is 54.2 Å². The third-order valence-corrected chi connectivity index (χ3v) is 4.61. The number of fused-ring (bicyclic) bond motifs is 1. The van der Waals surface area contributed by atoms with Crippen molar-refractivity contribution in [1.82, 2.24) is 0 Å². The van der Waals surface area contributed by atoms with Crippen LogP contribution in [-0.2, 0) is 4.74 Å². The van der Waals surface area contributed by atoms with Gasteiger partial charge in [-0.1, -0.05) is 67.8 Å². The van der Waals surface area contributed by atoms with Gasteiger partial charge in [0.05, 0.1) is 8.07 Å². The largest absolute Gasteiger partial charge is 0.360 e. The molecule has 1 nitrogen and oxygen atoms in total. The number of hydrogen-bond acceptors (Lipinski definition) is 1. The van der Waals surface area contributed by atoms with E-state index in [1.54, 1.807) is 0 Å². The SMILES string of the molecule is C[Si](C)(C)/C=C/[C@@H]1O[C@@H]1c1ccc2ccccc2c1. The van der Waals surface area contributed by atoms with Crippen molar-refractivity contribution in [3.05, 3.63) is 59.8 Å². The van der Waals surface area contributed by atoms with Gasteiger partial charge in [0, 0.05) is 0 Å². The van der Waals surface area contributed by atoms with E-state index in [-0.39, 0.29) is 12.2 Å². The molecule has 0 aromatic heterocycles. The Morgan fingerprint density at radius 2 is 1.74 bits per heavy atom. The molecule has 2 aromatic carbocycles. The van der Waals surface area contributed by atoms with Gasteiger partial charge < -0.3 is 4.74 Å². The van der Waals surface area contributed by atoms with Crippen LogP contribution in [0.1, 0.15) is 11.7 Å². The fraction of sp³-hybridized carbons (Fsp3) is 0.294. The van der Waals surface area contributed by atoms with E-state index in [1.807, 2.05) is 0 Å². The van der Waals surface area contributed by atoms with E-state index < -0.39 is 8.07 Å². The molecule has 1 saturated heterocycles. The standard InChI is InChI=1S/C17H20OSi/c1-19(2,3)11-10-16-17(18-16)15-9-8-13-6-4-5-7-14(13)12-15/h4-12,16-17H,1-3H3/b11-10+/t16-,17+/m0/s1. The molecule has 19 heavy (non-hydrogen) atoms. The quantitative estimate of drug-likeness (QED) is 0.580. The summed E-state index contributed by atoms with van der Waals surface area (Å²) in [6.45, 7) is 7.03. The summed E-state index contributed by atoms with van der Waals surface area (Å²) in [5.74, 6) is 0. The van der Waals surface area contributed by atoms with Gasteiger partial charge in [0.25, 0.3) is 0 Å². The Morgan fingerprint density at radius 1 is 1.00 bits per heavy atom. The fourth-order valence-corrected chi connectivity index (χ4v) is 3.07. The Balaban J connectivity index is 1.78. The summed E-state index contributed by atoms with van der Waals surface area (Å²) in [7, 11) is -1.11. The van der Waals surface area contributed by atoms with E-state index in [1.165, 1.54) is 16.3 Å². The molecule has 1 aliphatic rings. The number of rotatable bonds is 3. The fourth-order valence-electron chi connectivity index (χ4n) is 2.31. The van der Waals surface area contributed by atoms with Crippen molar-refractivity contribution in [2.75, 3.05) is 0 Å². The molecular weight excluding hydrogens is 248 g/mol. The number of hydrogen-bond donors (Lipinski definition) is 0. The summed E-state index contributed by atoms with van der Waals surface area (Å²) >= 11 is 0. The van der Waals surface area contributed by atoms with Crippen LogP contribution in [0.25, 0.3) is 10.8 Å². The topological polar surface area (TPSA) is 12.5 Å². The second-order valence-electron chi connectivity index (χ2n) is 6.35. The lowest BCUT2D eigenvalue weighted by Gasteiger charge is -2.07. The molecule has 1 fully saturated rings. The molecule has 2 aromatic rings. The lowest BCUT2D eigenvalue weighted by atomic mass is 10.0.